The zero-order chi connectivity index (χ0) is 11.9. The minimum absolute atomic E-state index is 0.0369. The van der Waals surface area contributed by atoms with E-state index in [1.54, 1.807) is 6.92 Å². The van der Waals surface area contributed by atoms with Crippen LogP contribution in [-0.4, -0.2) is 28.3 Å². The third-order valence-corrected chi connectivity index (χ3v) is 2.64. The number of hydrogen-bond acceptors (Lipinski definition) is 4. The highest BCUT2D eigenvalue weighted by Gasteiger charge is 2.37. The van der Waals surface area contributed by atoms with Crippen LogP contribution in [0, 0.1) is 6.92 Å². The van der Waals surface area contributed by atoms with Gasteiger partial charge in [0.2, 0.25) is 0 Å². The quantitative estimate of drug-likeness (QED) is 0.610. The number of fused-ring (bicyclic) bond motifs is 1. The molecule has 0 saturated carbocycles. The number of rotatable bonds is 2. The second-order valence-corrected chi connectivity index (χ2v) is 3.84. The summed E-state index contributed by atoms with van der Waals surface area (Å²) in [6.07, 6.45) is -0.849. The Bertz CT molecular complexity index is 445. The number of carboxylic acid groups (broad SMARTS) is 1. The van der Waals surface area contributed by atoms with Gasteiger partial charge in [-0.05, 0) is 35.6 Å². The maximum atomic E-state index is 10.6. The molecule has 3 N–H and O–H groups in total. The van der Waals surface area contributed by atoms with E-state index in [2.05, 4.69) is 0 Å². The number of aliphatic carboxylic acids is 1. The van der Waals surface area contributed by atoms with Crippen molar-refractivity contribution in [3.05, 3.63) is 23.3 Å². The van der Waals surface area contributed by atoms with Crippen molar-refractivity contribution in [1.29, 1.82) is 0 Å². The fraction of sp³-hybridized carbons (Fsp3) is 0.300. The first-order valence-electron chi connectivity index (χ1n) is 4.87. The first-order valence-corrected chi connectivity index (χ1v) is 4.87. The molecule has 1 aliphatic rings. The first kappa shape index (κ1) is 11.0. The zero-order valence-electron chi connectivity index (χ0n) is 8.67. The molecule has 1 aliphatic heterocycles. The van der Waals surface area contributed by atoms with Crippen LogP contribution in [0.2, 0.25) is 0 Å². The summed E-state index contributed by atoms with van der Waals surface area (Å²) >= 11 is 0. The van der Waals surface area contributed by atoms with Gasteiger partial charge in [0.15, 0.2) is 0 Å². The Labute approximate surface area is 92.4 Å². The molecule has 2 rings (SSSR count). The van der Waals surface area contributed by atoms with Crippen LogP contribution in [0.25, 0.3) is 0 Å². The molecule has 84 valence electrons. The lowest BCUT2D eigenvalue weighted by Gasteiger charge is -2.11. The fourth-order valence-corrected chi connectivity index (χ4v) is 2.06. The van der Waals surface area contributed by atoms with E-state index in [-0.39, 0.29) is 12.2 Å². The lowest BCUT2D eigenvalue weighted by atomic mass is 9.77. The minimum atomic E-state index is -1.16. The maximum absolute atomic E-state index is 10.6. The number of carbonyl (C=O) groups is 1. The topological polar surface area (TPSA) is 87.0 Å². The van der Waals surface area contributed by atoms with Gasteiger partial charge in [0, 0.05) is 0 Å². The highest BCUT2D eigenvalue weighted by atomic mass is 16.5. The van der Waals surface area contributed by atoms with E-state index < -0.39 is 19.2 Å². The van der Waals surface area contributed by atoms with Crippen LogP contribution in [0.4, 0.5) is 0 Å². The molecule has 0 bridgehead atoms. The SMILES string of the molecule is Cc1cc(O)cc2c1[C@@H](CC(=O)O)OB2O. The molecule has 16 heavy (non-hydrogen) atoms. The summed E-state index contributed by atoms with van der Waals surface area (Å²) in [5.74, 6) is -0.951. The largest absolute Gasteiger partial charge is 0.508 e. The van der Waals surface area contributed by atoms with Crippen molar-refractivity contribution in [2.45, 2.75) is 19.4 Å². The van der Waals surface area contributed by atoms with Crippen LogP contribution in [0.1, 0.15) is 23.7 Å². The normalized spacial score (nSPS) is 18.6. The molecule has 0 unspecified atom stereocenters. The lowest BCUT2D eigenvalue weighted by molar-refractivity contribution is -0.138. The Morgan fingerprint density at radius 2 is 2.25 bits per heavy atom. The van der Waals surface area contributed by atoms with E-state index in [1.165, 1.54) is 12.1 Å². The highest BCUT2D eigenvalue weighted by molar-refractivity contribution is 6.62. The molecule has 1 atom stereocenters. The van der Waals surface area contributed by atoms with E-state index in [1.807, 2.05) is 0 Å². The van der Waals surface area contributed by atoms with E-state index >= 15 is 0 Å². The molecule has 0 spiro atoms. The zero-order valence-corrected chi connectivity index (χ0v) is 8.67. The Hall–Kier alpha value is -1.53. The van der Waals surface area contributed by atoms with Crippen molar-refractivity contribution in [3.8, 4) is 5.75 Å². The molecule has 0 fully saturated rings. The molecular formula is C10H11BO5. The second-order valence-electron chi connectivity index (χ2n) is 3.84. The Morgan fingerprint density at radius 1 is 1.56 bits per heavy atom. The molecule has 1 heterocycles. The van der Waals surface area contributed by atoms with E-state index in [0.717, 1.165) is 5.56 Å². The predicted octanol–water partition coefficient (Wildman–Crippen LogP) is -0.0659. The molecule has 5 nitrogen and oxygen atoms in total. The number of hydrogen-bond donors (Lipinski definition) is 3. The van der Waals surface area contributed by atoms with Gasteiger partial charge in [-0.15, -0.1) is 0 Å². The number of carboxylic acids is 1. The summed E-state index contributed by atoms with van der Waals surface area (Å²) in [7, 11) is -1.16. The second kappa shape index (κ2) is 3.81. The summed E-state index contributed by atoms with van der Waals surface area (Å²) in [4.78, 5) is 10.6. The van der Waals surface area contributed by atoms with Gasteiger partial charge < -0.3 is 19.9 Å². The molecule has 0 aliphatic carbocycles. The number of aromatic hydroxyl groups is 1. The van der Waals surface area contributed by atoms with Crippen LogP contribution in [0.3, 0.4) is 0 Å². The lowest BCUT2D eigenvalue weighted by Crippen LogP contribution is -2.28. The van der Waals surface area contributed by atoms with Gasteiger partial charge >= 0.3 is 13.1 Å². The number of phenols is 1. The average Bonchev–Trinajstić information content (AvgIpc) is 2.42. The summed E-state index contributed by atoms with van der Waals surface area (Å²) in [6.45, 7) is 1.74. The van der Waals surface area contributed by atoms with Gasteiger partial charge in [0.25, 0.3) is 0 Å². The van der Waals surface area contributed by atoms with Gasteiger partial charge in [-0.25, -0.2) is 0 Å². The number of phenolic OH excluding ortho intramolecular Hbond substituents is 1. The van der Waals surface area contributed by atoms with Crippen LogP contribution in [0.5, 0.6) is 5.75 Å². The van der Waals surface area contributed by atoms with Gasteiger partial charge in [0.1, 0.15) is 5.75 Å². The molecule has 0 saturated heterocycles. The average molecular weight is 222 g/mol. The van der Waals surface area contributed by atoms with Crippen molar-refractivity contribution in [2.24, 2.45) is 0 Å². The minimum Gasteiger partial charge on any atom is -0.508 e. The summed E-state index contributed by atoms with van der Waals surface area (Å²) < 4.78 is 5.14. The molecule has 1 aromatic rings. The number of aryl methyl sites for hydroxylation is 1. The van der Waals surface area contributed by atoms with E-state index in [9.17, 15) is 14.9 Å². The Morgan fingerprint density at radius 3 is 2.88 bits per heavy atom. The monoisotopic (exact) mass is 222 g/mol. The Kier molecular flexibility index (Phi) is 2.61. The summed E-state index contributed by atoms with van der Waals surface area (Å²) in [6, 6.07) is 2.92. The molecule has 6 heteroatoms. The van der Waals surface area contributed by atoms with Crippen LogP contribution >= 0.6 is 0 Å². The van der Waals surface area contributed by atoms with Crippen molar-refractivity contribution >= 4 is 18.6 Å². The van der Waals surface area contributed by atoms with E-state index in [0.29, 0.717) is 11.0 Å². The maximum Gasteiger partial charge on any atom is 0.492 e. The van der Waals surface area contributed by atoms with Crippen LogP contribution < -0.4 is 5.46 Å². The van der Waals surface area contributed by atoms with Crippen molar-refractivity contribution in [2.75, 3.05) is 0 Å². The number of benzene rings is 1. The van der Waals surface area contributed by atoms with Crippen LogP contribution in [0.15, 0.2) is 12.1 Å². The molecule has 1 aromatic carbocycles. The van der Waals surface area contributed by atoms with Gasteiger partial charge in [-0.3, -0.25) is 4.79 Å². The molecule has 0 aromatic heterocycles. The van der Waals surface area contributed by atoms with Crippen molar-refractivity contribution in [3.63, 3.8) is 0 Å². The van der Waals surface area contributed by atoms with Crippen LogP contribution in [-0.2, 0) is 9.45 Å². The Balaban J connectivity index is 2.44. The summed E-state index contributed by atoms with van der Waals surface area (Å²) in [5, 5.41) is 27.7. The smallest absolute Gasteiger partial charge is 0.492 e. The molecule has 0 radical (unpaired) electrons. The third-order valence-electron chi connectivity index (χ3n) is 2.64. The van der Waals surface area contributed by atoms with Gasteiger partial charge in [-0.1, -0.05) is 0 Å². The summed E-state index contributed by atoms with van der Waals surface area (Å²) in [5.41, 5.74) is 1.83. The predicted molar refractivity (Wildman–Crippen MR) is 56.5 cm³/mol. The van der Waals surface area contributed by atoms with Crippen molar-refractivity contribution < 1.29 is 24.7 Å². The van der Waals surface area contributed by atoms with Gasteiger partial charge in [-0.2, -0.15) is 0 Å². The molecular weight excluding hydrogens is 211 g/mol. The highest BCUT2D eigenvalue weighted by Crippen LogP contribution is 2.31. The first-order chi connectivity index (χ1) is 7.49. The van der Waals surface area contributed by atoms with Crippen molar-refractivity contribution in [1.82, 2.24) is 0 Å². The molecule has 0 amide bonds. The fourth-order valence-electron chi connectivity index (χ4n) is 2.06. The third kappa shape index (κ3) is 1.77. The standard InChI is InChI=1S/C10H11BO5/c1-5-2-6(12)3-7-10(5)8(4-9(13)14)16-11(7)15/h2-3,8,12,15H,4H2,1H3,(H,13,14)/t8-/m1/s1. The van der Waals surface area contributed by atoms with Gasteiger partial charge in [0.05, 0.1) is 12.5 Å². The van der Waals surface area contributed by atoms with E-state index in [4.69, 9.17) is 9.76 Å².